The summed E-state index contributed by atoms with van der Waals surface area (Å²) in [7, 11) is 3.92. The molecule has 0 saturated heterocycles. The van der Waals surface area contributed by atoms with Crippen molar-refractivity contribution in [1.82, 2.24) is 14.7 Å². The van der Waals surface area contributed by atoms with Crippen LogP contribution in [-0.2, 0) is 7.05 Å². The number of benzene rings is 1. The standard InChI is InChI=1S/C16H19N5/c1-12-10-20(2)16(18-14-9-17-21(3)11-14)19-15(12)13-7-5-4-6-8-13/h4-11,16,18H,1-3H3. The SMILES string of the molecule is CC1=CN(C)C(Nc2cnn(C)c2)N=C1c1ccccc1. The molecule has 0 spiro atoms. The van der Waals surface area contributed by atoms with Gasteiger partial charge in [-0.2, -0.15) is 5.10 Å². The van der Waals surface area contributed by atoms with E-state index in [0.29, 0.717) is 0 Å². The number of hydrogen-bond acceptors (Lipinski definition) is 4. The Hall–Kier alpha value is -2.56. The molecular formula is C16H19N5. The van der Waals surface area contributed by atoms with Crippen LogP contribution in [0, 0.1) is 0 Å². The molecule has 1 aliphatic rings. The predicted octanol–water partition coefficient (Wildman–Crippen LogP) is 2.45. The van der Waals surface area contributed by atoms with Gasteiger partial charge in [0.2, 0.25) is 0 Å². The first-order valence-electron chi connectivity index (χ1n) is 6.92. The third-order valence-corrected chi connectivity index (χ3v) is 3.46. The summed E-state index contributed by atoms with van der Waals surface area (Å²) < 4.78 is 1.77. The van der Waals surface area contributed by atoms with Crippen LogP contribution in [0.4, 0.5) is 5.69 Å². The summed E-state index contributed by atoms with van der Waals surface area (Å²) in [6, 6.07) is 10.3. The van der Waals surface area contributed by atoms with Crippen LogP contribution in [0.5, 0.6) is 0 Å². The van der Waals surface area contributed by atoms with Crippen LogP contribution in [-0.4, -0.2) is 33.7 Å². The molecule has 21 heavy (non-hydrogen) atoms. The molecule has 1 aliphatic heterocycles. The predicted molar refractivity (Wildman–Crippen MR) is 85.1 cm³/mol. The zero-order valence-electron chi connectivity index (χ0n) is 12.5. The normalized spacial score (nSPS) is 18.2. The van der Waals surface area contributed by atoms with Gasteiger partial charge in [0.1, 0.15) is 0 Å². The van der Waals surface area contributed by atoms with Crippen molar-refractivity contribution in [2.24, 2.45) is 12.0 Å². The highest BCUT2D eigenvalue weighted by atomic mass is 15.4. The molecule has 1 N–H and O–H groups in total. The number of rotatable bonds is 3. The monoisotopic (exact) mass is 281 g/mol. The number of allylic oxidation sites excluding steroid dienone is 1. The van der Waals surface area contributed by atoms with Crippen LogP contribution in [0.15, 0.2) is 59.5 Å². The average Bonchev–Trinajstić information content (AvgIpc) is 2.88. The van der Waals surface area contributed by atoms with Crippen molar-refractivity contribution in [3.63, 3.8) is 0 Å². The van der Waals surface area contributed by atoms with Crippen molar-refractivity contribution in [1.29, 1.82) is 0 Å². The van der Waals surface area contributed by atoms with E-state index in [0.717, 1.165) is 22.5 Å². The third kappa shape index (κ3) is 2.81. The molecule has 108 valence electrons. The first kappa shape index (κ1) is 13.4. The molecule has 2 aromatic rings. The molecular weight excluding hydrogens is 262 g/mol. The lowest BCUT2D eigenvalue weighted by Gasteiger charge is -2.30. The molecule has 5 nitrogen and oxygen atoms in total. The maximum atomic E-state index is 4.84. The number of aromatic nitrogens is 2. The van der Waals surface area contributed by atoms with E-state index in [9.17, 15) is 0 Å². The lowest BCUT2D eigenvalue weighted by Crippen LogP contribution is -2.37. The van der Waals surface area contributed by atoms with Gasteiger partial charge in [0.25, 0.3) is 0 Å². The van der Waals surface area contributed by atoms with E-state index in [1.165, 1.54) is 0 Å². The van der Waals surface area contributed by atoms with E-state index in [2.05, 4.69) is 40.6 Å². The number of nitrogens with one attached hydrogen (secondary N) is 1. The Balaban J connectivity index is 1.89. The van der Waals surface area contributed by atoms with E-state index in [4.69, 9.17) is 4.99 Å². The smallest absolute Gasteiger partial charge is 0.196 e. The highest BCUT2D eigenvalue weighted by Crippen LogP contribution is 2.19. The first-order valence-corrected chi connectivity index (χ1v) is 6.92. The van der Waals surface area contributed by atoms with Crippen LogP contribution in [0.3, 0.4) is 0 Å². The molecule has 0 saturated carbocycles. The molecule has 1 unspecified atom stereocenters. The second-order valence-corrected chi connectivity index (χ2v) is 5.24. The Kier molecular flexibility index (Phi) is 3.48. The Bertz CT molecular complexity index is 684. The van der Waals surface area contributed by atoms with Gasteiger partial charge in [-0.1, -0.05) is 30.3 Å². The molecule has 0 bridgehead atoms. The minimum absolute atomic E-state index is 0.131. The van der Waals surface area contributed by atoms with Gasteiger partial charge in [-0.25, -0.2) is 4.99 Å². The van der Waals surface area contributed by atoms with Crippen LogP contribution in [0.1, 0.15) is 12.5 Å². The molecule has 1 aromatic carbocycles. The Labute approximate surface area is 124 Å². The van der Waals surface area contributed by atoms with Crippen molar-refractivity contribution < 1.29 is 0 Å². The topological polar surface area (TPSA) is 45.5 Å². The molecule has 1 atom stereocenters. The second-order valence-electron chi connectivity index (χ2n) is 5.24. The summed E-state index contributed by atoms with van der Waals surface area (Å²) in [5.74, 6) is 0. The maximum absolute atomic E-state index is 4.84. The molecule has 1 aromatic heterocycles. The molecule has 0 radical (unpaired) electrons. The van der Waals surface area contributed by atoms with Crippen molar-refractivity contribution in [3.05, 3.63) is 60.1 Å². The first-order chi connectivity index (χ1) is 10.1. The van der Waals surface area contributed by atoms with E-state index in [-0.39, 0.29) is 6.29 Å². The molecule has 3 rings (SSSR count). The zero-order valence-corrected chi connectivity index (χ0v) is 12.5. The molecule has 0 amide bonds. The van der Waals surface area contributed by atoms with Gasteiger partial charge < -0.3 is 10.2 Å². The zero-order chi connectivity index (χ0) is 14.8. The summed E-state index contributed by atoms with van der Waals surface area (Å²) in [4.78, 5) is 6.91. The average molecular weight is 281 g/mol. The summed E-state index contributed by atoms with van der Waals surface area (Å²) in [5.41, 5.74) is 4.28. The summed E-state index contributed by atoms with van der Waals surface area (Å²) in [5, 5.41) is 7.55. The van der Waals surface area contributed by atoms with Crippen molar-refractivity contribution in [2.75, 3.05) is 12.4 Å². The molecule has 2 heterocycles. The number of hydrogen-bond donors (Lipinski definition) is 1. The van der Waals surface area contributed by atoms with E-state index in [1.54, 1.807) is 10.9 Å². The molecule has 5 heteroatoms. The number of anilines is 1. The van der Waals surface area contributed by atoms with E-state index in [1.807, 2.05) is 38.5 Å². The fourth-order valence-electron chi connectivity index (χ4n) is 2.43. The van der Waals surface area contributed by atoms with Crippen molar-refractivity contribution in [3.8, 4) is 0 Å². The van der Waals surface area contributed by atoms with Gasteiger partial charge in [-0.3, -0.25) is 4.68 Å². The van der Waals surface area contributed by atoms with Crippen LogP contribution in [0.2, 0.25) is 0 Å². The summed E-state index contributed by atoms with van der Waals surface area (Å²) in [6.45, 7) is 2.09. The molecule has 0 fully saturated rings. The second kappa shape index (κ2) is 5.44. The highest BCUT2D eigenvalue weighted by molar-refractivity contribution is 6.12. The van der Waals surface area contributed by atoms with Crippen molar-refractivity contribution >= 4 is 11.4 Å². The largest absolute Gasteiger partial charge is 0.344 e. The van der Waals surface area contributed by atoms with Crippen LogP contribution in [0.25, 0.3) is 0 Å². The lowest BCUT2D eigenvalue weighted by molar-refractivity contribution is 0.365. The van der Waals surface area contributed by atoms with E-state index < -0.39 is 0 Å². The Morgan fingerprint density at radius 2 is 1.90 bits per heavy atom. The number of aryl methyl sites for hydroxylation is 1. The van der Waals surface area contributed by atoms with Crippen LogP contribution >= 0.6 is 0 Å². The van der Waals surface area contributed by atoms with Gasteiger partial charge in [0.15, 0.2) is 6.29 Å². The minimum atomic E-state index is -0.131. The third-order valence-electron chi connectivity index (χ3n) is 3.46. The van der Waals surface area contributed by atoms with Crippen molar-refractivity contribution in [2.45, 2.75) is 13.2 Å². The number of nitrogens with zero attached hydrogens (tertiary/aromatic N) is 4. The lowest BCUT2D eigenvalue weighted by atomic mass is 10.0. The minimum Gasteiger partial charge on any atom is -0.344 e. The van der Waals surface area contributed by atoms with Crippen LogP contribution < -0.4 is 5.32 Å². The van der Waals surface area contributed by atoms with Gasteiger partial charge in [-0.05, 0) is 12.5 Å². The quantitative estimate of drug-likeness (QED) is 0.940. The van der Waals surface area contributed by atoms with Gasteiger partial charge in [0, 0.05) is 32.1 Å². The Morgan fingerprint density at radius 1 is 1.14 bits per heavy atom. The number of aliphatic imine (C=N–C) groups is 1. The fraction of sp³-hybridized carbons (Fsp3) is 0.250. The van der Waals surface area contributed by atoms with Gasteiger partial charge >= 0.3 is 0 Å². The highest BCUT2D eigenvalue weighted by Gasteiger charge is 2.20. The maximum Gasteiger partial charge on any atom is 0.196 e. The van der Waals surface area contributed by atoms with E-state index >= 15 is 0 Å². The molecule has 0 aliphatic carbocycles. The summed E-state index contributed by atoms with van der Waals surface area (Å²) in [6.07, 6.45) is 5.73. The van der Waals surface area contributed by atoms with Gasteiger partial charge in [-0.15, -0.1) is 0 Å². The van der Waals surface area contributed by atoms with Gasteiger partial charge in [0.05, 0.1) is 17.6 Å². The fourth-order valence-corrected chi connectivity index (χ4v) is 2.43. The Morgan fingerprint density at radius 3 is 2.57 bits per heavy atom. The summed E-state index contributed by atoms with van der Waals surface area (Å²) >= 11 is 0.